The Morgan fingerprint density at radius 2 is 2.06 bits per heavy atom. The van der Waals surface area contributed by atoms with Gasteiger partial charge in [0.15, 0.2) is 0 Å². The van der Waals surface area contributed by atoms with E-state index in [-0.39, 0.29) is 18.9 Å². The topological polar surface area (TPSA) is 68.5 Å². The lowest BCUT2D eigenvalue weighted by molar-refractivity contribution is -0.155. The first-order valence-electron chi connectivity index (χ1n) is 5.84. The zero-order chi connectivity index (χ0) is 13.8. The van der Waals surface area contributed by atoms with E-state index >= 15 is 0 Å². The van der Waals surface area contributed by atoms with Crippen LogP contribution in [0.25, 0.3) is 0 Å². The zero-order valence-corrected chi connectivity index (χ0v) is 11.0. The third-order valence-corrected chi connectivity index (χ3v) is 2.17. The number of nitrogens with zero attached hydrogens (tertiary/aromatic N) is 1. The number of carbonyl (C=O) groups is 2. The Morgan fingerprint density at radius 1 is 1.39 bits per heavy atom. The maximum Gasteiger partial charge on any atom is 0.326 e. The van der Waals surface area contributed by atoms with E-state index in [9.17, 15) is 9.59 Å². The second-order valence-electron chi connectivity index (χ2n) is 5.17. The molecule has 1 heterocycles. The molecule has 100 valence electrons. The molecular formula is C13H19NO4. The van der Waals surface area contributed by atoms with E-state index in [0.29, 0.717) is 6.42 Å². The lowest BCUT2D eigenvalue weighted by Crippen LogP contribution is -2.26. The molecule has 0 bridgehead atoms. The molecule has 0 radical (unpaired) electrons. The highest BCUT2D eigenvalue weighted by Gasteiger charge is 2.16. The molecule has 0 unspecified atom stereocenters. The first-order chi connectivity index (χ1) is 8.26. The van der Waals surface area contributed by atoms with Gasteiger partial charge in [-0.15, -0.1) is 0 Å². The van der Waals surface area contributed by atoms with E-state index in [0.717, 1.165) is 5.56 Å². The van der Waals surface area contributed by atoms with E-state index in [1.54, 1.807) is 17.0 Å². The third kappa shape index (κ3) is 5.52. The predicted octanol–water partition coefficient (Wildman–Crippen LogP) is 1.85. The minimum Gasteiger partial charge on any atom is -0.481 e. The van der Waals surface area contributed by atoms with Crippen molar-refractivity contribution in [3.63, 3.8) is 0 Å². The van der Waals surface area contributed by atoms with Gasteiger partial charge in [-0.1, -0.05) is 0 Å². The molecule has 1 N–H and O–H groups in total. The van der Waals surface area contributed by atoms with Gasteiger partial charge in [0.2, 0.25) is 0 Å². The quantitative estimate of drug-likeness (QED) is 0.813. The van der Waals surface area contributed by atoms with Crippen molar-refractivity contribution in [1.82, 2.24) is 4.57 Å². The number of hydrogen-bond acceptors (Lipinski definition) is 3. The molecule has 0 spiro atoms. The maximum absolute atomic E-state index is 11.6. The molecule has 5 nitrogen and oxygen atoms in total. The Bertz CT molecular complexity index is 428. The van der Waals surface area contributed by atoms with E-state index in [2.05, 4.69) is 0 Å². The van der Waals surface area contributed by atoms with E-state index in [1.165, 1.54) is 0 Å². The summed E-state index contributed by atoms with van der Waals surface area (Å²) in [5.74, 6) is -1.13. The molecule has 18 heavy (non-hydrogen) atoms. The van der Waals surface area contributed by atoms with Crippen molar-refractivity contribution in [2.24, 2.45) is 0 Å². The summed E-state index contributed by atoms with van der Waals surface area (Å²) in [5.41, 5.74) is 0.414. The van der Waals surface area contributed by atoms with Gasteiger partial charge in [0.05, 0.1) is 0 Å². The SMILES string of the molecule is CC(C)(C)OC(=O)Cn1ccc(CCC(=O)O)c1. The summed E-state index contributed by atoms with van der Waals surface area (Å²) in [6.07, 6.45) is 4.08. The summed E-state index contributed by atoms with van der Waals surface area (Å²) in [5, 5.41) is 8.57. The Hall–Kier alpha value is -1.78. The van der Waals surface area contributed by atoms with Crippen LogP contribution < -0.4 is 0 Å². The van der Waals surface area contributed by atoms with Gasteiger partial charge in [-0.05, 0) is 38.8 Å². The molecule has 5 heteroatoms. The Morgan fingerprint density at radius 3 is 2.61 bits per heavy atom. The Kier molecular flexibility index (Phi) is 4.53. The van der Waals surface area contributed by atoms with Crippen LogP contribution in [0.2, 0.25) is 0 Å². The van der Waals surface area contributed by atoms with Gasteiger partial charge in [-0.25, -0.2) is 0 Å². The van der Waals surface area contributed by atoms with Crippen molar-refractivity contribution in [2.45, 2.75) is 45.8 Å². The van der Waals surface area contributed by atoms with Crippen LogP contribution >= 0.6 is 0 Å². The molecule has 0 amide bonds. The van der Waals surface area contributed by atoms with Crippen molar-refractivity contribution in [3.8, 4) is 0 Å². The number of carboxylic acids is 1. The summed E-state index contributed by atoms with van der Waals surface area (Å²) in [6.45, 7) is 5.60. The smallest absolute Gasteiger partial charge is 0.326 e. The fourth-order valence-corrected chi connectivity index (χ4v) is 1.51. The lowest BCUT2D eigenvalue weighted by Gasteiger charge is -2.19. The van der Waals surface area contributed by atoms with Crippen LogP contribution in [0.3, 0.4) is 0 Å². The summed E-state index contributed by atoms with van der Waals surface area (Å²) >= 11 is 0. The monoisotopic (exact) mass is 253 g/mol. The van der Waals surface area contributed by atoms with Gasteiger partial charge in [0.1, 0.15) is 12.1 Å². The van der Waals surface area contributed by atoms with Crippen molar-refractivity contribution in [3.05, 3.63) is 24.0 Å². The zero-order valence-electron chi connectivity index (χ0n) is 11.0. The molecule has 0 saturated carbocycles. The molecule has 1 aromatic rings. The average Bonchev–Trinajstić information content (AvgIpc) is 2.59. The summed E-state index contributed by atoms with van der Waals surface area (Å²) in [4.78, 5) is 22.0. The van der Waals surface area contributed by atoms with Crippen LogP contribution in [0.15, 0.2) is 18.5 Å². The molecule has 0 aliphatic rings. The normalized spacial score (nSPS) is 11.3. The summed E-state index contributed by atoms with van der Waals surface area (Å²) in [6, 6.07) is 1.81. The third-order valence-electron chi connectivity index (χ3n) is 2.17. The van der Waals surface area contributed by atoms with Gasteiger partial charge in [0.25, 0.3) is 0 Å². The average molecular weight is 253 g/mol. The molecule has 0 aliphatic heterocycles. The number of aliphatic carboxylic acids is 1. The molecule has 0 aromatic carbocycles. The number of carboxylic acid groups (broad SMARTS) is 1. The first-order valence-corrected chi connectivity index (χ1v) is 5.84. The highest BCUT2D eigenvalue weighted by molar-refractivity contribution is 5.69. The van der Waals surface area contributed by atoms with E-state index in [1.807, 2.05) is 26.8 Å². The molecule has 1 aromatic heterocycles. The van der Waals surface area contributed by atoms with Gasteiger partial charge in [-0.3, -0.25) is 9.59 Å². The largest absolute Gasteiger partial charge is 0.481 e. The second-order valence-corrected chi connectivity index (χ2v) is 5.17. The fourth-order valence-electron chi connectivity index (χ4n) is 1.51. The number of aromatic nitrogens is 1. The highest BCUT2D eigenvalue weighted by Crippen LogP contribution is 2.09. The van der Waals surface area contributed by atoms with Gasteiger partial charge in [0, 0.05) is 18.8 Å². The van der Waals surface area contributed by atoms with E-state index < -0.39 is 11.6 Å². The molecule has 1 rings (SSSR count). The predicted molar refractivity (Wildman–Crippen MR) is 66.2 cm³/mol. The summed E-state index contributed by atoms with van der Waals surface area (Å²) in [7, 11) is 0. The van der Waals surface area contributed by atoms with Crippen LogP contribution in [0.4, 0.5) is 0 Å². The van der Waals surface area contributed by atoms with Crippen molar-refractivity contribution < 1.29 is 19.4 Å². The first kappa shape index (κ1) is 14.3. The minimum atomic E-state index is -0.824. The van der Waals surface area contributed by atoms with Crippen LogP contribution in [0.1, 0.15) is 32.8 Å². The van der Waals surface area contributed by atoms with Crippen LogP contribution in [-0.4, -0.2) is 27.2 Å². The van der Waals surface area contributed by atoms with Gasteiger partial charge < -0.3 is 14.4 Å². The Labute approximate surface area is 106 Å². The molecule has 0 atom stereocenters. The lowest BCUT2D eigenvalue weighted by atomic mass is 10.2. The van der Waals surface area contributed by atoms with Crippen LogP contribution in [0.5, 0.6) is 0 Å². The molecular weight excluding hydrogens is 234 g/mol. The van der Waals surface area contributed by atoms with Crippen LogP contribution in [0, 0.1) is 0 Å². The number of rotatable bonds is 5. The molecule has 0 saturated heterocycles. The highest BCUT2D eigenvalue weighted by atomic mass is 16.6. The number of aryl methyl sites for hydroxylation is 1. The fraction of sp³-hybridized carbons (Fsp3) is 0.538. The van der Waals surface area contributed by atoms with E-state index in [4.69, 9.17) is 9.84 Å². The number of hydrogen-bond donors (Lipinski definition) is 1. The maximum atomic E-state index is 11.6. The summed E-state index contributed by atoms with van der Waals surface area (Å²) < 4.78 is 6.89. The number of esters is 1. The Balaban J connectivity index is 2.48. The van der Waals surface area contributed by atoms with Crippen molar-refractivity contribution >= 4 is 11.9 Å². The van der Waals surface area contributed by atoms with Gasteiger partial charge >= 0.3 is 11.9 Å². The van der Waals surface area contributed by atoms with Crippen molar-refractivity contribution in [1.29, 1.82) is 0 Å². The van der Waals surface area contributed by atoms with Crippen LogP contribution in [-0.2, 0) is 27.3 Å². The molecule has 0 aliphatic carbocycles. The minimum absolute atomic E-state index is 0.0937. The van der Waals surface area contributed by atoms with Crippen molar-refractivity contribution in [2.75, 3.05) is 0 Å². The number of ether oxygens (including phenoxy) is 1. The molecule has 0 fully saturated rings. The second kappa shape index (κ2) is 5.71. The number of carbonyl (C=O) groups excluding carboxylic acids is 1. The van der Waals surface area contributed by atoms with Gasteiger partial charge in [-0.2, -0.15) is 0 Å². The standard InChI is InChI=1S/C13H19NO4/c1-13(2,3)18-12(17)9-14-7-6-10(8-14)4-5-11(15)16/h6-8H,4-5,9H2,1-3H3,(H,15,16).